The molecule has 0 aromatic carbocycles. The van der Waals surface area contributed by atoms with Crippen molar-refractivity contribution in [1.29, 1.82) is 0 Å². The summed E-state index contributed by atoms with van der Waals surface area (Å²) in [6, 6.07) is 0.837. The van der Waals surface area contributed by atoms with Gasteiger partial charge in [0.2, 0.25) is 0 Å². The van der Waals surface area contributed by atoms with Gasteiger partial charge in [0, 0.05) is 6.04 Å². The molecule has 0 aromatic rings. The quantitative estimate of drug-likeness (QED) is 0.690. The molecule has 0 radical (unpaired) electrons. The van der Waals surface area contributed by atoms with E-state index < -0.39 is 0 Å². The van der Waals surface area contributed by atoms with Crippen LogP contribution >= 0.6 is 0 Å². The van der Waals surface area contributed by atoms with Crippen molar-refractivity contribution in [2.75, 3.05) is 6.54 Å². The molecule has 1 aliphatic carbocycles. The molecular weight excluding hydrogens is 158 g/mol. The average molecular weight is 183 g/mol. The van der Waals surface area contributed by atoms with E-state index in [1.165, 1.54) is 32.1 Å². The molecule has 13 heavy (non-hydrogen) atoms. The predicted molar refractivity (Wildman–Crippen MR) is 58.9 cm³/mol. The molecule has 1 rings (SSSR count). The first-order valence-corrected chi connectivity index (χ1v) is 5.97. The maximum absolute atomic E-state index is 3.62. The van der Waals surface area contributed by atoms with Crippen LogP contribution in [0.1, 0.15) is 52.9 Å². The molecule has 1 heteroatoms. The summed E-state index contributed by atoms with van der Waals surface area (Å²) in [5, 5.41) is 3.62. The van der Waals surface area contributed by atoms with Crippen molar-refractivity contribution >= 4 is 0 Å². The van der Waals surface area contributed by atoms with Crippen LogP contribution in [-0.4, -0.2) is 12.6 Å². The van der Waals surface area contributed by atoms with E-state index in [0.29, 0.717) is 0 Å². The van der Waals surface area contributed by atoms with Crippen LogP contribution in [0.5, 0.6) is 0 Å². The Labute approximate surface area is 83.3 Å². The highest BCUT2D eigenvalue weighted by molar-refractivity contribution is 4.82. The van der Waals surface area contributed by atoms with Crippen LogP contribution in [0.25, 0.3) is 0 Å². The lowest BCUT2D eigenvalue weighted by atomic mass is 9.94. The fourth-order valence-electron chi connectivity index (χ4n) is 2.46. The Kier molecular flexibility index (Phi) is 4.79. The molecule has 2 atom stereocenters. The lowest BCUT2D eigenvalue weighted by Crippen LogP contribution is -2.32. The molecule has 1 N–H and O–H groups in total. The van der Waals surface area contributed by atoms with E-state index in [9.17, 15) is 0 Å². The van der Waals surface area contributed by atoms with Gasteiger partial charge in [-0.3, -0.25) is 0 Å². The van der Waals surface area contributed by atoms with Crippen molar-refractivity contribution in [2.45, 2.75) is 58.9 Å². The van der Waals surface area contributed by atoms with E-state index in [2.05, 4.69) is 26.1 Å². The summed E-state index contributed by atoms with van der Waals surface area (Å²) in [5.41, 5.74) is 0. The molecule has 0 spiro atoms. The Morgan fingerprint density at radius 1 is 1.31 bits per heavy atom. The second-order valence-electron chi connectivity index (χ2n) is 4.83. The van der Waals surface area contributed by atoms with Crippen LogP contribution < -0.4 is 5.32 Å². The zero-order valence-corrected chi connectivity index (χ0v) is 9.47. The van der Waals surface area contributed by atoms with Crippen molar-refractivity contribution < 1.29 is 0 Å². The van der Waals surface area contributed by atoms with Gasteiger partial charge in [-0.05, 0) is 37.6 Å². The molecule has 0 aliphatic heterocycles. The van der Waals surface area contributed by atoms with E-state index >= 15 is 0 Å². The largest absolute Gasteiger partial charge is 0.314 e. The monoisotopic (exact) mass is 183 g/mol. The van der Waals surface area contributed by atoms with Gasteiger partial charge < -0.3 is 5.32 Å². The molecule has 0 heterocycles. The Morgan fingerprint density at radius 2 is 2.08 bits per heavy atom. The Morgan fingerprint density at radius 3 is 2.69 bits per heavy atom. The van der Waals surface area contributed by atoms with Crippen molar-refractivity contribution in [3.8, 4) is 0 Å². The predicted octanol–water partition coefficient (Wildman–Crippen LogP) is 3.20. The Bertz CT molecular complexity index is 131. The van der Waals surface area contributed by atoms with Gasteiger partial charge in [-0.25, -0.2) is 0 Å². The number of hydrogen-bond donors (Lipinski definition) is 1. The molecule has 1 aliphatic rings. The van der Waals surface area contributed by atoms with Gasteiger partial charge in [0.1, 0.15) is 0 Å². The summed E-state index contributed by atoms with van der Waals surface area (Å²) in [6.07, 6.45) is 7.17. The van der Waals surface area contributed by atoms with Crippen LogP contribution in [0.2, 0.25) is 0 Å². The summed E-state index contributed by atoms with van der Waals surface area (Å²) in [6.45, 7) is 8.02. The molecule has 0 aromatic heterocycles. The summed E-state index contributed by atoms with van der Waals surface area (Å²) in [5.74, 6) is 1.85. The highest BCUT2D eigenvalue weighted by Crippen LogP contribution is 2.30. The van der Waals surface area contributed by atoms with Gasteiger partial charge in [0.25, 0.3) is 0 Å². The third-order valence-corrected chi connectivity index (χ3v) is 3.24. The second-order valence-corrected chi connectivity index (χ2v) is 4.83. The molecule has 2 unspecified atom stereocenters. The zero-order valence-electron chi connectivity index (χ0n) is 9.47. The molecule has 0 saturated heterocycles. The first kappa shape index (κ1) is 11.0. The molecule has 0 amide bonds. The van der Waals surface area contributed by atoms with Gasteiger partial charge in [0.05, 0.1) is 0 Å². The number of hydrogen-bond acceptors (Lipinski definition) is 1. The standard InChI is InChI=1S/C12H25N/c1-4-13-12-7-5-6-11(12)9-8-10(2)3/h10-13H,4-9H2,1-3H3. The summed E-state index contributed by atoms with van der Waals surface area (Å²) in [7, 11) is 0. The maximum Gasteiger partial charge on any atom is 0.00952 e. The molecule has 78 valence electrons. The fourth-order valence-corrected chi connectivity index (χ4v) is 2.46. The van der Waals surface area contributed by atoms with Crippen LogP contribution in [0.15, 0.2) is 0 Å². The number of rotatable bonds is 5. The third kappa shape index (κ3) is 3.68. The first-order valence-electron chi connectivity index (χ1n) is 5.97. The van der Waals surface area contributed by atoms with Crippen molar-refractivity contribution in [1.82, 2.24) is 5.32 Å². The van der Waals surface area contributed by atoms with E-state index in [0.717, 1.165) is 24.4 Å². The summed E-state index contributed by atoms with van der Waals surface area (Å²) in [4.78, 5) is 0. The average Bonchev–Trinajstić information content (AvgIpc) is 2.49. The molecule has 1 fully saturated rings. The van der Waals surface area contributed by atoms with E-state index in [1.54, 1.807) is 0 Å². The minimum Gasteiger partial charge on any atom is -0.314 e. The van der Waals surface area contributed by atoms with Crippen molar-refractivity contribution in [3.63, 3.8) is 0 Å². The zero-order chi connectivity index (χ0) is 9.68. The van der Waals surface area contributed by atoms with E-state index in [4.69, 9.17) is 0 Å². The number of nitrogens with one attached hydrogen (secondary N) is 1. The van der Waals surface area contributed by atoms with Gasteiger partial charge >= 0.3 is 0 Å². The van der Waals surface area contributed by atoms with Crippen LogP contribution in [0, 0.1) is 11.8 Å². The summed E-state index contributed by atoms with van der Waals surface area (Å²) < 4.78 is 0. The highest BCUT2D eigenvalue weighted by Gasteiger charge is 2.25. The topological polar surface area (TPSA) is 12.0 Å². The van der Waals surface area contributed by atoms with Crippen LogP contribution in [-0.2, 0) is 0 Å². The third-order valence-electron chi connectivity index (χ3n) is 3.24. The molecule has 1 nitrogen and oxygen atoms in total. The van der Waals surface area contributed by atoms with Gasteiger partial charge in [0.15, 0.2) is 0 Å². The van der Waals surface area contributed by atoms with E-state index in [1.807, 2.05) is 0 Å². The van der Waals surface area contributed by atoms with Crippen LogP contribution in [0.4, 0.5) is 0 Å². The molecule has 1 saturated carbocycles. The highest BCUT2D eigenvalue weighted by atomic mass is 14.9. The van der Waals surface area contributed by atoms with Gasteiger partial charge in [-0.2, -0.15) is 0 Å². The lowest BCUT2D eigenvalue weighted by molar-refractivity contribution is 0.356. The fraction of sp³-hybridized carbons (Fsp3) is 1.00. The van der Waals surface area contributed by atoms with Crippen molar-refractivity contribution in [3.05, 3.63) is 0 Å². The van der Waals surface area contributed by atoms with Gasteiger partial charge in [-0.1, -0.05) is 33.6 Å². The van der Waals surface area contributed by atoms with E-state index in [-0.39, 0.29) is 0 Å². The van der Waals surface area contributed by atoms with Crippen LogP contribution in [0.3, 0.4) is 0 Å². The summed E-state index contributed by atoms with van der Waals surface area (Å²) >= 11 is 0. The SMILES string of the molecule is CCNC1CCCC1CCC(C)C. The van der Waals surface area contributed by atoms with Gasteiger partial charge in [-0.15, -0.1) is 0 Å². The lowest BCUT2D eigenvalue weighted by Gasteiger charge is -2.20. The smallest absolute Gasteiger partial charge is 0.00952 e. The first-order chi connectivity index (χ1) is 6.24. The Balaban J connectivity index is 2.22. The minimum absolute atomic E-state index is 0.837. The molecular formula is C12H25N. The maximum atomic E-state index is 3.62. The minimum atomic E-state index is 0.837. The normalized spacial score (nSPS) is 28.6. The van der Waals surface area contributed by atoms with Crippen molar-refractivity contribution in [2.24, 2.45) is 11.8 Å². The molecule has 0 bridgehead atoms. The second kappa shape index (κ2) is 5.64. The Hall–Kier alpha value is -0.0400.